The minimum absolute atomic E-state index is 0.0665. The van der Waals surface area contributed by atoms with E-state index in [1.54, 1.807) is 42.5 Å². The fourth-order valence-corrected chi connectivity index (χ4v) is 3.67. The van der Waals surface area contributed by atoms with Crippen LogP contribution in [-0.2, 0) is 10.8 Å². The Morgan fingerprint density at radius 2 is 1.80 bits per heavy atom. The molecule has 2 aromatic rings. The van der Waals surface area contributed by atoms with Crippen molar-refractivity contribution in [1.82, 2.24) is 0 Å². The highest BCUT2D eigenvalue weighted by molar-refractivity contribution is 9.10. The molecular formula is C15H13BrO3S. The molecule has 20 heavy (non-hydrogen) atoms. The van der Waals surface area contributed by atoms with Crippen LogP contribution in [0.1, 0.15) is 10.4 Å². The van der Waals surface area contributed by atoms with Crippen molar-refractivity contribution in [3.8, 4) is 5.75 Å². The average molecular weight is 353 g/mol. The van der Waals surface area contributed by atoms with Crippen LogP contribution in [0.15, 0.2) is 57.9 Å². The lowest BCUT2D eigenvalue weighted by Crippen LogP contribution is -2.12. The number of hydrogen-bond donors (Lipinski definition) is 0. The predicted octanol–water partition coefficient (Wildman–Crippen LogP) is 3.45. The highest BCUT2D eigenvalue weighted by Gasteiger charge is 2.17. The van der Waals surface area contributed by atoms with Gasteiger partial charge in [-0.1, -0.05) is 24.3 Å². The first-order chi connectivity index (χ1) is 9.63. The molecule has 0 saturated carbocycles. The Bertz CT molecular complexity index is 655. The van der Waals surface area contributed by atoms with Gasteiger partial charge in [0.05, 0.1) is 34.1 Å². The Balaban J connectivity index is 2.20. The fraction of sp³-hybridized carbons (Fsp3) is 0.133. The standard InChI is InChI=1S/C15H13BrO3S/c1-19-14-8-4-2-6-11(14)13(17)10-20(18)15-9-5-3-7-12(15)16/h2-9H,10H2,1H3. The number of Topliss-reactive ketones (excluding diaryl/α,β-unsaturated/α-hetero) is 1. The van der Waals surface area contributed by atoms with Gasteiger partial charge in [0, 0.05) is 4.47 Å². The molecule has 104 valence electrons. The lowest BCUT2D eigenvalue weighted by molar-refractivity contribution is 0.101. The van der Waals surface area contributed by atoms with Gasteiger partial charge in [0.1, 0.15) is 5.75 Å². The third kappa shape index (κ3) is 3.35. The van der Waals surface area contributed by atoms with Gasteiger partial charge in [-0.25, -0.2) is 0 Å². The Morgan fingerprint density at radius 3 is 2.50 bits per heavy atom. The van der Waals surface area contributed by atoms with Crippen molar-refractivity contribution in [3.05, 3.63) is 58.6 Å². The highest BCUT2D eigenvalue weighted by Crippen LogP contribution is 2.22. The van der Waals surface area contributed by atoms with Gasteiger partial charge in [-0.3, -0.25) is 9.00 Å². The average Bonchev–Trinajstić information content (AvgIpc) is 2.47. The van der Waals surface area contributed by atoms with E-state index in [1.165, 1.54) is 7.11 Å². The summed E-state index contributed by atoms with van der Waals surface area (Å²) < 4.78 is 18.2. The van der Waals surface area contributed by atoms with E-state index in [-0.39, 0.29) is 11.5 Å². The topological polar surface area (TPSA) is 43.4 Å². The Labute approximate surface area is 128 Å². The largest absolute Gasteiger partial charge is 0.496 e. The number of benzene rings is 2. The second-order valence-corrected chi connectivity index (χ2v) is 6.32. The molecule has 0 N–H and O–H groups in total. The zero-order chi connectivity index (χ0) is 14.5. The smallest absolute Gasteiger partial charge is 0.179 e. The maximum absolute atomic E-state index is 12.3. The van der Waals surface area contributed by atoms with Gasteiger partial charge in [0.15, 0.2) is 5.78 Å². The van der Waals surface area contributed by atoms with Crippen molar-refractivity contribution in [2.75, 3.05) is 12.9 Å². The van der Waals surface area contributed by atoms with Crippen molar-refractivity contribution in [2.24, 2.45) is 0 Å². The number of methoxy groups -OCH3 is 1. The summed E-state index contributed by atoms with van der Waals surface area (Å²) in [5.74, 6) is 0.237. The summed E-state index contributed by atoms with van der Waals surface area (Å²) >= 11 is 3.34. The lowest BCUT2D eigenvalue weighted by Gasteiger charge is -2.08. The maximum atomic E-state index is 12.3. The molecule has 0 radical (unpaired) electrons. The molecule has 5 heteroatoms. The molecule has 0 saturated heterocycles. The maximum Gasteiger partial charge on any atom is 0.179 e. The van der Waals surface area contributed by atoms with Gasteiger partial charge in [0.25, 0.3) is 0 Å². The number of carbonyl (C=O) groups excluding carboxylic acids is 1. The van der Waals surface area contributed by atoms with E-state index in [0.717, 1.165) is 4.47 Å². The minimum Gasteiger partial charge on any atom is -0.496 e. The number of hydrogen-bond acceptors (Lipinski definition) is 3. The number of carbonyl (C=O) groups is 1. The van der Waals surface area contributed by atoms with E-state index in [1.807, 2.05) is 6.07 Å². The first-order valence-electron chi connectivity index (χ1n) is 5.92. The normalized spacial score (nSPS) is 11.9. The number of ketones is 1. The van der Waals surface area contributed by atoms with Crippen LogP contribution >= 0.6 is 15.9 Å². The lowest BCUT2D eigenvalue weighted by atomic mass is 10.1. The zero-order valence-corrected chi connectivity index (χ0v) is 13.2. The Hall–Kier alpha value is -1.46. The van der Waals surface area contributed by atoms with E-state index in [4.69, 9.17) is 4.74 Å². The number of ether oxygens (including phenoxy) is 1. The molecule has 1 unspecified atom stereocenters. The van der Waals surface area contributed by atoms with Crippen LogP contribution in [0, 0.1) is 0 Å². The summed E-state index contributed by atoms with van der Waals surface area (Å²) in [6.07, 6.45) is 0. The van der Waals surface area contributed by atoms with E-state index < -0.39 is 10.8 Å². The third-order valence-electron chi connectivity index (χ3n) is 2.75. The number of para-hydroxylation sites is 1. The van der Waals surface area contributed by atoms with Crippen LogP contribution in [0.4, 0.5) is 0 Å². The summed E-state index contributed by atoms with van der Waals surface area (Å²) in [4.78, 5) is 12.9. The summed E-state index contributed by atoms with van der Waals surface area (Å²) in [5.41, 5.74) is 0.454. The van der Waals surface area contributed by atoms with Crippen LogP contribution in [0.2, 0.25) is 0 Å². The van der Waals surface area contributed by atoms with Crippen LogP contribution in [0.5, 0.6) is 5.75 Å². The van der Waals surface area contributed by atoms with E-state index in [0.29, 0.717) is 16.2 Å². The zero-order valence-electron chi connectivity index (χ0n) is 10.8. The first kappa shape index (κ1) is 14.9. The fourth-order valence-electron chi connectivity index (χ4n) is 1.78. The molecular weight excluding hydrogens is 340 g/mol. The van der Waals surface area contributed by atoms with Crippen LogP contribution < -0.4 is 4.74 Å². The van der Waals surface area contributed by atoms with Crippen LogP contribution in [0.25, 0.3) is 0 Å². The molecule has 0 amide bonds. The monoisotopic (exact) mass is 352 g/mol. The number of halogens is 1. The summed E-state index contributed by atoms with van der Waals surface area (Å²) in [6.45, 7) is 0. The van der Waals surface area contributed by atoms with Gasteiger partial charge in [-0.2, -0.15) is 0 Å². The van der Waals surface area contributed by atoms with Gasteiger partial charge in [-0.15, -0.1) is 0 Å². The molecule has 0 fully saturated rings. The van der Waals surface area contributed by atoms with Crippen molar-refractivity contribution in [3.63, 3.8) is 0 Å². The Morgan fingerprint density at radius 1 is 1.15 bits per heavy atom. The van der Waals surface area contributed by atoms with Crippen molar-refractivity contribution in [2.45, 2.75) is 4.90 Å². The van der Waals surface area contributed by atoms with Crippen LogP contribution in [0.3, 0.4) is 0 Å². The molecule has 0 aliphatic heterocycles. The molecule has 1 atom stereocenters. The summed E-state index contributed by atoms with van der Waals surface area (Å²) in [7, 11) is 0.123. The van der Waals surface area contributed by atoms with Crippen molar-refractivity contribution >= 4 is 32.5 Å². The molecule has 0 aromatic heterocycles. The van der Waals surface area contributed by atoms with E-state index in [2.05, 4.69) is 15.9 Å². The van der Waals surface area contributed by atoms with Crippen LogP contribution in [-0.4, -0.2) is 22.9 Å². The molecule has 3 nitrogen and oxygen atoms in total. The number of rotatable bonds is 5. The Kier molecular flexibility index (Phi) is 5.09. The molecule has 0 heterocycles. The second-order valence-electron chi connectivity index (χ2n) is 4.04. The quantitative estimate of drug-likeness (QED) is 0.774. The van der Waals surface area contributed by atoms with E-state index in [9.17, 15) is 9.00 Å². The molecule has 0 spiro atoms. The van der Waals surface area contributed by atoms with Gasteiger partial charge in [-0.05, 0) is 40.2 Å². The van der Waals surface area contributed by atoms with Gasteiger partial charge in [0.2, 0.25) is 0 Å². The molecule has 0 aliphatic carbocycles. The van der Waals surface area contributed by atoms with Gasteiger partial charge < -0.3 is 4.74 Å². The molecule has 0 aliphatic rings. The molecule has 2 aromatic carbocycles. The second kappa shape index (κ2) is 6.81. The summed E-state index contributed by atoms with van der Waals surface area (Å²) in [6, 6.07) is 14.1. The third-order valence-corrected chi connectivity index (χ3v) is 5.08. The highest BCUT2D eigenvalue weighted by atomic mass is 79.9. The molecule has 0 bridgehead atoms. The minimum atomic E-state index is -1.39. The van der Waals surface area contributed by atoms with Crippen molar-refractivity contribution < 1.29 is 13.7 Å². The molecule has 2 rings (SSSR count). The SMILES string of the molecule is COc1ccccc1C(=O)CS(=O)c1ccccc1Br. The van der Waals surface area contributed by atoms with Gasteiger partial charge >= 0.3 is 0 Å². The summed E-state index contributed by atoms with van der Waals surface area (Å²) in [5, 5.41) is 0. The first-order valence-corrected chi connectivity index (χ1v) is 8.04. The predicted molar refractivity (Wildman–Crippen MR) is 82.7 cm³/mol. The van der Waals surface area contributed by atoms with Crippen molar-refractivity contribution in [1.29, 1.82) is 0 Å². The van der Waals surface area contributed by atoms with E-state index >= 15 is 0 Å².